The summed E-state index contributed by atoms with van der Waals surface area (Å²) in [5.41, 5.74) is 0.834. The first-order valence-corrected chi connectivity index (χ1v) is 7.50. The Kier molecular flexibility index (Phi) is 5.32. The summed E-state index contributed by atoms with van der Waals surface area (Å²) in [5, 5.41) is 13.3. The Morgan fingerprint density at radius 3 is 2.20 bits per heavy atom. The minimum Gasteiger partial charge on any atom is -0.481 e. The third-order valence-corrected chi connectivity index (χ3v) is 2.68. The summed E-state index contributed by atoms with van der Waals surface area (Å²) in [4.78, 5) is 21.6. The molecule has 4 N–H and O–H groups in total. The van der Waals surface area contributed by atoms with Gasteiger partial charge in [0.2, 0.25) is 10.0 Å². The lowest BCUT2D eigenvalue weighted by atomic mass is 10.3. The summed E-state index contributed by atoms with van der Waals surface area (Å²) in [6.07, 6.45) is 0.875. The Morgan fingerprint density at radius 1 is 1.15 bits per heavy atom. The highest BCUT2D eigenvalue weighted by molar-refractivity contribution is 7.92. The number of urea groups is 1. The average Bonchev–Trinajstić information content (AvgIpc) is 2.29. The molecular weight excluding hydrogens is 286 g/mol. The van der Waals surface area contributed by atoms with Crippen LogP contribution in [0.2, 0.25) is 0 Å². The van der Waals surface area contributed by atoms with E-state index in [0.29, 0.717) is 11.4 Å². The van der Waals surface area contributed by atoms with Gasteiger partial charge in [0.25, 0.3) is 0 Å². The molecule has 0 unspecified atom stereocenters. The van der Waals surface area contributed by atoms with E-state index >= 15 is 0 Å². The number of amides is 2. The van der Waals surface area contributed by atoms with Crippen LogP contribution in [0.5, 0.6) is 0 Å². The maximum absolute atomic E-state index is 11.4. The normalized spacial score (nSPS) is 10.7. The van der Waals surface area contributed by atoms with E-state index in [1.165, 1.54) is 24.3 Å². The summed E-state index contributed by atoms with van der Waals surface area (Å²) in [5.74, 6) is -0.999. The number of hydrogen-bond donors (Lipinski definition) is 4. The molecule has 8 nitrogen and oxygen atoms in total. The fourth-order valence-corrected chi connectivity index (χ4v) is 1.86. The van der Waals surface area contributed by atoms with E-state index < -0.39 is 22.0 Å². The van der Waals surface area contributed by atoms with Crippen LogP contribution in [0, 0.1) is 0 Å². The number of anilines is 2. The van der Waals surface area contributed by atoms with Crippen LogP contribution in [0.1, 0.15) is 6.42 Å². The second kappa shape index (κ2) is 6.75. The molecule has 0 heterocycles. The van der Waals surface area contributed by atoms with Gasteiger partial charge in [-0.1, -0.05) is 0 Å². The lowest BCUT2D eigenvalue weighted by Crippen LogP contribution is -2.30. The molecule has 1 aromatic rings. The van der Waals surface area contributed by atoms with Gasteiger partial charge >= 0.3 is 12.0 Å². The molecule has 1 aromatic carbocycles. The molecule has 0 aliphatic heterocycles. The zero-order valence-electron chi connectivity index (χ0n) is 10.7. The SMILES string of the molecule is CS(=O)(=O)Nc1ccc(NC(=O)NCCC(=O)O)cc1. The topological polar surface area (TPSA) is 125 Å². The zero-order valence-corrected chi connectivity index (χ0v) is 11.5. The Bertz CT molecular complexity index is 583. The monoisotopic (exact) mass is 301 g/mol. The van der Waals surface area contributed by atoms with Gasteiger partial charge in [0, 0.05) is 17.9 Å². The van der Waals surface area contributed by atoms with Crippen molar-refractivity contribution >= 4 is 33.4 Å². The van der Waals surface area contributed by atoms with Gasteiger partial charge in [0.05, 0.1) is 12.7 Å². The molecule has 9 heteroatoms. The number of nitrogens with one attached hydrogen (secondary N) is 3. The van der Waals surface area contributed by atoms with Gasteiger partial charge < -0.3 is 15.7 Å². The molecule has 0 saturated carbocycles. The number of carbonyl (C=O) groups is 2. The Balaban J connectivity index is 2.49. The van der Waals surface area contributed by atoms with Crippen LogP contribution in [-0.4, -0.2) is 38.3 Å². The summed E-state index contributed by atoms with van der Waals surface area (Å²) in [7, 11) is -3.34. The van der Waals surface area contributed by atoms with Crippen LogP contribution in [0.4, 0.5) is 16.2 Å². The fraction of sp³-hybridized carbons (Fsp3) is 0.273. The first-order valence-electron chi connectivity index (χ1n) is 5.61. The van der Waals surface area contributed by atoms with E-state index in [-0.39, 0.29) is 13.0 Å². The maximum atomic E-state index is 11.4. The van der Waals surface area contributed by atoms with Crippen LogP contribution >= 0.6 is 0 Å². The van der Waals surface area contributed by atoms with E-state index in [9.17, 15) is 18.0 Å². The summed E-state index contributed by atoms with van der Waals surface area (Å²) < 4.78 is 24.3. The van der Waals surface area contributed by atoms with E-state index in [4.69, 9.17) is 5.11 Å². The molecule has 0 radical (unpaired) electrons. The van der Waals surface area contributed by atoms with Crippen molar-refractivity contribution in [2.75, 3.05) is 22.8 Å². The van der Waals surface area contributed by atoms with Gasteiger partial charge in [0.1, 0.15) is 0 Å². The molecule has 1 rings (SSSR count). The Labute approximate surface area is 116 Å². The molecule has 0 spiro atoms. The fourth-order valence-electron chi connectivity index (χ4n) is 1.29. The lowest BCUT2D eigenvalue weighted by molar-refractivity contribution is -0.136. The zero-order chi connectivity index (χ0) is 15.2. The highest BCUT2D eigenvalue weighted by Gasteiger charge is 2.04. The van der Waals surface area contributed by atoms with Crippen LogP contribution in [0.25, 0.3) is 0 Å². The number of carbonyl (C=O) groups excluding carboxylic acids is 1. The second-order valence-electron chi connectivity index (χ2n) is 3.98. The molecule has 0 aromatic heterocycles. The van der Waals surface area contributed by atoms with Crippen molar-refractivity contribution in [1.82, 2.24) is 5.32 Å². The van der Waals surface area contributed by atoms with Crippen molar-refractivity contribution in [1.29, 1.82) is 0 Å². The van der Waals surface area contributed by atoms with Crippen molar-refractivity contribution in [3.63, 3.8) is 0 Å². The number of sulfonamides is 1. The van der Waals surface area contributed by atoms with Gasteiger partial charge in [-0.05, 0) is 24.3 Å². The van der Waals surface area contributed by atoms with Crippen LogP contribution in [0.3, 0.4) is 0 Å². The predicted octanol–water partition coefficient (Wildman–Crippen LogP) is 0.654. The number of hydrogen-bond acceptors (Lipinski definition) is 4. The predicted molar refractivity (Wildman–Crippen MR) is 74.2 cm³/mol. The van der Waals surface area contributed by atoms with Gasteiger partial charge in [-0.15, -0.1) is 0 Å². The molecule has 110 valence electrons. The molecular formula is C11H15N3O5S. The third-order valence-electron chi connectivity index (χ3n) is 2.07. The van der Waals surface area contributed by atoms with Crippen LogP contribution < -0.4 is 15.4 Å². The number of carboxylic acid groups (broad SMARTS) is 1. The first kappa shape index (κ1) is 15.8. The molecule has 2 amide bonds. The van der Waals surface area contributed by atoms with E-state index in [2.05, 4.69) is 15.4 Å². The summed E-state index contributed by atoms with van der Waals surface area (Å²) >= 11 is 0. The quantitative estimate of drug-likeness (QED) is 0.614. The van der Waals surface area contributed by atoms with Crippen molar-refractivity contribution in [2.24, 2.45) is 0 Å². The smallest absolute Gasteiger partial charge is 0.319 e. The second-order valence-corrected chi connectivity index (χ2v) is 5.72. The Morgan fingerprint density at radius 2 is 1.70 bits per heavy atom. The standard InChI is InChI=1S/C11H15N3O5S/c1-20(18,19)14-9-4-2-8(3-5-9)13-11(17)12-7-6-10(15)16/h2-5,14H,6-7H2,1H3,(H,15,16)(H2,12,13,17). The molecule has 0 fully saturated rings. The number of carboxylic acids is 1. The number of rotatable bonds is 6. The largest absolute Gasteiger partial charge is 0.481 e. The van der Waals surface area contributed by atoms with Crippen molar-refractivity contribution in [3.8, 4) is 0 Å². The number of benzene rings is 1. The van der Waals surface area contributed by atoms with Crippen LogP contribution in [0.15, 0.2) is 24.3 Å². The van der Waals surface area contributed by atoms with Gasteiger partial charge in [-0.2, -0.15) is 0 Å². The van der Waals surface area contributed by atoms with Crippen molar-refractivity contribution in [2.45, 2.75) is 6.42 Å². The molecule has 0 aliphatic rings. The van der Waals surface area contributed by atoms with E-state index in [0.717, 1.165) is 6.26 Å². The Hall–Kier alpha value is -2.29. The maximum Gasteiger partial charge on any atom is 0.319 e. The first-order chi connectivity index (χ1) is 9.26. The molecule has 0 saturated heterocycles. The number of aliphatic carboxylic acids is 1. The minimum absolute atomic E-state index is 0.0227. The summed E-state index contributed by atoms with van der Waals surface area (Å²) in [6.45, 7) is 0.0227. The highest BCUT2D eigenvalue weighted by atomic mass is 32.2. The molecule has 0 aliphatic carbocycles. The van der Waals surface area contributed by atoms with Gasteiger partial charge in [-0.25, -0.2) is 13.2 Å². The minimum atomic E-state index is -3.34. The highest BCUT2D eigenvalue weighted by Crippen LogP contribution is 2.14. The summed E-state index contributed by atoms with van der Waals surface area (Å²) in [6, 6.07) is 5.49. The molecule has 20 heavy (non-hydrogen) atoms. The van der Waals surface area contributed by atoms with E-state index in [1.807, 2.05) is 0 Å². The lowest BCUT2D eigenvalue weighted by Gasteiger charge is -2.08. The molecule has 0 atom stereocenters. The van der Waals surface area contributed by atoms with Gasteiger partial charge in [-0.3, -0.25) is 9.52 Å². The van der Waals surface area contributed by atoms with E-state index in [1.54, 1.807) is 0 Å². The van der Waals surface area contributed by atoms with Crippen molar-refractivity contribution < 1.29 is 23.1 Å². The molecule has 0 bridgehead atoms. The average molecular weight is 301 g/mol. The van der Waals surface area contributed by atoms with Crippen molar-refractivity contribution in [3.05, 3.63) is 24.3 Å². The van der Waals surface area contributed by atoms with Gasteiger partial charge in [0.15, 0.2) is 0 Å². The third kappa shape index (κ3) is 6.59. The van der Waals surface area contributed by atoms with Crippen LogP contribution in [-0.2, 0) is 14.8 Å².